The zero-order chi connectivity index (χ0) is 54.6. The number of carbonyl (C=O) groups excluding carboxylic acids is 5. The number of ether oxygens (including phenoxy) is 6. The molecule has 0 heterocycles. The van der Waals surface area contributed by atoms with Crippen LogP contribution in [0, 0.1) is 35.8 Å². The second-order valence-electron chi connectivity index (χ2n) is 16.9. The molecule has 13 nitrogen and oxygen atoms in total. The SMILES string of the molecule is C=CC(=O)OC#COCCCCc1ccc(C(=O)Oc2ccc(-c3ccc(C#N)cc3)cc2)cc1.C=CC(=O)OC#COCCCCc1ccc(C(=O)Oc2ccc(C(=O)N[C@@H](C)c3cccc4ccccc34)cc2)cc1. The first-order valence-corrected chi connectivity index (χ1v) is 24.5. The van der Waals surface area contributed by atoms with Crippen molar-refractivity contribution in [1.82, 2.24) is 5.32 Å². The molecular formula is C64H54N2O11. The Kier molecular flexibility index (Phi) is 22.0. The van der Waals surface area contributed by atoms with Gasteiger partial charge in [0.05, 0.1) is 28.8 Å². The largest absolute Gasteiger partial charge is 0.444 e. The Morgan fingerprint density at radius 3 is 1.48 bits per heavy atom. The minimum absolute atomic E-state index is 0.188. The lowest BCUT2D eigenvalue weighted by Crippen LogP contribution is -2.26. The van der Waals surface area contributed by atoms with Crippen LogP contribution in [0.2, 0.25) is 0 Å². The summed E-state index contributed by atoms with van der Waals surface area (Å²) in [7, 11) is 0. The maximum Gasteiger partial charge on any atom is 0.344 e. The number of hydrogen-bond acceptors (Lipinski definition) is 12. The number of rotatable bonds is 20. The molecule has 0 aliphatic carbocycles. The standard InChI is InChI=1S/C35H31NO6.C29H23NO5/c1-3-33(37)41-24-23-40-22-7-6-9-26-14-16-29(17-15-26)35(39)42-30-20-18-28(19-21-30)34(38)36-25(2)31-13-8-11-27-10-4-5-12-32(27)31;1-2-28(31)34-20-19-33-18-4-3-5-22-6-12-26(13-7-22)29(32)35-27-16-14-25(15-17-27)24-10-8-23(21-30)9-11-24/h3-5,8,10-21,25H,1,6-7,9,22H2,2H3,(H,36,38);2,6-17H,1,3-5,18H2/t25-;/m0./s1. The molecule has 0 aliphatic rings. The van der Waals surface area contributed by atoms with Gasteiger partial charge in [-0.25, -0.2) is 19.2 Å². The maximum atomic E-state index is 12.9. The van der Waals surface area contributed by atoms with Crippen LogP contribution in [-0.2, 0) is 41.4 Å². The fraction of sp³-hybridized carbons (Fsp3) is 0.156. The molecule has 7 rings (SSSR count). The van der Waals surface area contributed by atoms with E-state index < -0.39 is 23.9 Å². The van der Waals surface area contributed by atoms with E-state index in [0.717, 1.165) is 89.3 Å². The number of nitriles is 1. The zero-order valence-corrected chi connectivity index (χ0v) is 42.3. The van der Waals surface area contributed by atoms with Crippen molar-refractivity contribution in [1.29, 1.82) is 5.26 Å². The second kappa shape index (κ2) is 30.1. The molecule has 77 heavy (non-hydrogen) atoms. The van der Waals surface area contributed by atoms with Crippen molar-refractivity contribution in [3.63, 3.8) is 0 Å². The number of hydrogen-bond donors (Lipinski definition) is 1. The van der Waals surface area contributed by atoms with Gasteiger partial charge in [-0.3, -0.25) is 4.79 Å². The Balaban J connectivity index is 0.000000254. The lowest BCUT2D eigenvalue weighted by molar-refractivity contribution is -0.132. The maximum absolute atomic E-state index is 12.9. The van der Waals surface area contributed by atoms with Gasteiger partial charge in [0.1, 0.15) is 24.7 Å². The van der Waals surface area contributed by atoms with Gasteiger partial charge in [-0.15, -0.1) is 0 Å². The predicted molar refractivity (Wildman–Crippen MR) is 292 cm³/mol. The number of nitrogens with zero attached hydrogens (tertiary/aromatic N) is 1. The number of fused-ring (bicyclic) bond motifs is 1. The lowest BCUT2D eigenvalue weighted by atomic mass is 9.99. The molecule has 0 bridgehead atoms. The van der Waals surface area contributed by atoms with Crippen molar-refractivity contribution in [2.24, 2.45) is 0 Å². The number of unbranched alkanes of at least 4 members (excludes halogenated alkanes) is 2. The van der Waals surface area contributed by atoms with Crippen molar-refractivity contribution in [2.45, 2.75) is 51.5 Å². The lowest BCUT2D eigenvalue weighted by Gasteiger charge is -2.17. The minimum atomic E-state index is -0.626. The van der Waals surface area contributed by atoms with Crippen LogP contribution in [0.1, 0.15) is 92.0 Å². The predicted octanol–water partition coefficient (Wildman–Crippen LogP) is 12.0. The fourth-order valence-corrected chi connectivity index (χ4v) is 7.45. The van der Waals surface area contributed by atoms with Crippen LogP contribution in [-0.4, -0.2) is 43.0 Å². The average molecular weight is 1030 g/mol. The van der Waals surface area contributed by atoms with E-state index >= 15 is 0 Å². The summed E-state index contributed by atoms with van der Waals surface area (Å²) in [5.41, 5.74) is 7.13. The highest BCUT2D eigenvalue weighted by atomic mass is 16.5. The van der Waals surface area contributed by atoms with Gasteiger partial charge in [-0.05, 0) is 157 Å². The number of amides is 1. The van der Waals surface area contributed by atoms with Gasteiger partial charge in [0.2, 0.25) is 0 Å². The molecule has 0 saturated heterocycles. The van der Waals surface area contributed by atoms with E-state index in [9.17, 15) is 24.0 Å². The molecule has 1 amide bonds. The van der Waals surface area contributed by atoms with E-state index in [2.05, 4.69) is 58.4 Å². The monoisotopic (exact) mass is 1030 g/mol. The summed E-state index contributed by atoms with van der Waals surface area (Å²) in [4.78, 5) is 59.7. The smallest absolute Gasteiger partial charge is 0.344 e. The van der Waals surface area contributed by atoms with Crippen LogP contribution in [0.3, 0.4) is 0 Å². The van der Waals surface area contributed by atoms with Crippen LogP contribution >= 0.6 is 0 Å². The molecule has 1 atom stereocenters. The highest BCUT2D eigenvalue weighted by molar-refractivity contribution is 5.96. The van der Waals surface area contributed by atoms with E-state index in [4.69, 9.17) is 24.2 Å². The summed E-state index contributed by atoms with van der Waals surface area (Å²) >= 11 is 0. The normalized spacial score (nSPS) is 10.4. The molecular weight excluding hydrogens is 973 g/mol. The van der Waals surface area contributed by atoms with Crippen molar-refractivity contribution in [3.8, 4) is 53.1 Å². The first-order valence-electron chi connectivity index (χ1n) is 24.5. The summed E-state index contributed by atoms with van der Waals surface area (Å²) in [6.45, 7) is 9.32. The van der Waals surface area contributed by atoms with Gasteiger partial charge in [-0.1, -0.05) is 104 Å². The summed E-state index contributed by atoms with van der Waals surface area (Å²) < 4.78 is 30.1. The Labute approximate surface area is 447 Å². The Morgan fingerprint density at radius 2 is 0.987 bits per heavy atom. The first kappa shape index (κ1) is 56.1. The number of benzene rings is 7. The van der Waals surface area contributed by atoms with Crippen LogP contribution < -0.4 is 14.8 Å². The first-order chi connectivity index (χ1) is 37.5. The van der Waals surface area contributed by atoms with Gasteiger partial charge in [0.15, 0.2) is 24.4 Å². The third kappa shape index (κ3) is 18.4. The number of nitrogens with one attached hydrogen (secondary N) is 1. The molecule has 0 radical (unpaired) electrons. The Bertz CT molecular complexity index is 3310. The number of esters is 4. The molecule has 0 fully saturated rings. The van der Waals surface area contributed by atoms with Crippen LogP contribution in [0.25, 0.3) is 21.9 Å². The van der Waals surface area contributed by atoms with E-state index in [1.165, 1.54) is 0 Å². The highest BCUT2D eigenvalue weighted by Crippen LogP contribution is 2.26. The molecule has 0 saturated carbocycles. The summed E-state index contributed by atoms with van der Waals surface area (Å²) in [6, 6.07) is 51.6. The number of carbonyl (C=O) groups is 5. The third-order valence-corrected chi connectivity index (χ3v) is 11.5. The molecule has 7 aromatic carbocycles. The molecule has 0 spiro atoms. The van der Waals surface area contributed by atoms with Crippen LogP contribution in [0.15, 0.2) is 189 Å². The van der Waals surface area contributed by atoms with Crippen molar-refractivity contribution >= 4 is 40.6 Å². The number of aryl methyl sites for hydroxylation is 2. The van der Waals surface area contributed by atoms with Crippen molar-refractivity contribution in [3.05, 3.63) is 228 Å². The molecule has 1 N–H and O–H groups in total. The summed E-state index contributed by atoms with van der Waals surface area (Å²) in [5, 5.41) is 14.2. The van der Waals surface area contributed by atoms with Crippen LogP contribution in [0.4, 0.5) is 0 Å². The van der Waals surface area contributed by atoms with Crippen LogP contribution in [0.5, 0.6) is 11.5 Å². The van der Waals surface area contributed by atoms with E-state index in [1.54, 1.807) is 72.8 Å². The topological polar surface area (TPSA) is 177 Å². The quantitative estimate of drug-likeness (QED) is 0.0252. The third-order valence-electron chi connectivity index (χ3n) is 11.5. The second-order valence-corrected chi connectivity index (χ2v) is 16.9. The van der Waals surface area contributed by atoms with E-state index in [-0.39, 0.29) is 11.9 Å². The summed E-state index contributed by atoms with van der Waals surface area (Å²) in [5.74, 6) is -1.55. The molecule has 0 aromatic heterocycles. The minimum Gasteiger partial charge on any atom is -0.444 e. The van der Waals surface area contributed by atoms with Crippen molar-refractivity contribution < 1.29 is 52.4 Å². The fourth-order valence-electron chi connectivity index (χ4n) is 7.45. The highest BCUT2D eigenvalue weighted by Gasteiger charge is 2.16. The van der Waals surface area contributed by atoms with E-state index in [1.807, 2.05) is 97.9 Å². The Morgan fingerprint density at radius 1 is 0.532 bits per heavy atom. The van der Waals surface area contributed by atoms with Gasteiger partial charge < -0.3 is 33.7 Å². The molecule has 0 unspecified atom stereocenters. The molecule has 0 aliphatic heterocycles. The van der Waals surface area contributed by atoms with Gasteiger partial charge in [-0.2, -0.15) is 5.26 Å². The van der Waals surface area contributed by atoms with Gasteiger partial charge in [0.25, 0.3) is 5.91 Å². The average Bonchev–Trinajstić information content (AvgIpc) is 3.47. The molecule has 13 heteroatoms. The molecule has 7 aromatic rings. The Hall–Kier alpha value is -10.2. The van der Waals surface area contributed by atoms with E-state index in [0.29, 0.717) is 47.0 Å². The van der Waals surface area contributed by atoms with Crippen molar-refractivity contribution in [2.75, 3.05) is 13.2 Å². The van der Waals surface area contributed by atoms with Gasteiger partial charge in [0, 0.05) is 17.7 Å². The van der Waals surface area contributed by atoms with Gasteiger partial charge >= 0.3 is 23.9 Å². The zero-order valence-electron chi connectivity index (χ0n) is 42.3. The summed E-state index contributed by atoms with van der Waals surface area (Å²) in [6.07, 6.45) is 15.9. The molecule has 386 valence electrons.